The average molecular weight is 317 g/mol. The van der Waals surface area contributed by atoms with Gasteiger partial charge in [0.25, 0.3) is 0 Å². The summed E-state index contributed by atoms with van der Waals surface area (Å²) in [6.07, 6.45) is 4.48. The van der Waals surface area contributed by atoms with Crippen molar-refractivity contribution < 1.29 is 13.6 Å². The minimum Gasteiger partial charge on any atom is -0.369 e. The second-order valence-electron chi connectivity index (χ2n) is 5.25. The highest BCUT2D eigenvalue weighted by molar-refractivity contribution is 5.89. The molecule has 0 saturated heterocycles. The van der Waals surface area contributed by atoms with Gasteiger partial charge in [0.1, 0.15) is 17.0 Å². The third-order valence-electron chi connectivity index (χ3n) is 3.78. The Balaban J connectivity index is 2.08. The summed E-state index contributed by atoms with van der Waals surface area (Å²) in [5, 5.41) is 10.7. The predicted octanol–water partition coefficient (Wildman–Crippen LogP) is 1.66. The van der Waals surface area contributed by atoms with E-state index in [2.05, 4.69) is 15.3 Å². The Kier molecular flexibility index (Phi) is 3.44. The molecule has 2 aromatic heterocycles. The molecule has 3 rings (SSSR count). The van der Waals surface area contributed by atoms with E-state index in [1.807, 2.05) is 0 Å². The van der Waals surface area contributed by atoms with Gasteiger partial charge in [-0.15, -0.1) is 0 Å². The summed E-state index contributed by atoms with van der Waals surface area (Å²) in [5.41, 5.74) is 5.41. The zero-order valence-corrected chi connectivity index (χ0v) is 12.1. The van der Waals surface area contributed by atoms with Crippen molar-refractivity contribution in [2.75, 3.05) is 0 Å². The molecule has 3 N–H and O–H groups in total. The second-order valence-corrected chi connectivity index (χ2v) is 5.25. The van der Waals surface area contributed by atoms with E-state index in [1.165, 1.54) is 17.1 Å². The van der Waals surface area contributed by atoms with E-state index in [4.69, 9.17) is 5.73 Å². The average Bonchev–Trinajstić information content (AvgIpc) is 3.17. The van der Waals surface area contributed by atoms with Crippen molar-refractivity contribution in [3.05, 3.63) is 65.7 Å². The number of nitrogens with zero attached hydrogens (tertiary/aromatic N) is 3. The fraction of sp³-hybridized carbons (Fsp3) is 0.133. The van der Waals surface area contributed by atoms with Gasteiger partial charge in [-0.3, -0.25) is 9.89 Å². The molecule has 0 fully saturated rings. The molecule has 2 heterocycles. The van der Waals surface area contributed by atoms with Crippen LogP contribution in [0.4, 0.5) is 8.78 Å². The first-order chi connectivity index (χ1) is 10.9. The van der Waals surface area contributed by atoms with Crippen LogP contribution < -0.4 is 5.73 Å². The molecule has 0 bridgehead atoms. The van der Waals surface area contributed by atoms with Gasteiger partial charge < -0.3 is 5.73 Å². The molecule has 118 valence electrons. The van der Waals surface area contributed by atoms with Gasteiger partial charge >= 0.3 is 0 Å². The Morgan fingerprint density at radius 2 is 2.00 bits per heavy atom. The number of amides is 1. The number of hydrogen-bond donors (Lipinski definition) is 2. The Morgan fingerprint density at radius 1 is 1.30 bits per heavy atom. The van der Waals surface area contributed by atoms with Gasteiger partial charge in [-0.25, -0.2) is 13.5 Å². The first kappa shape index (κ1) is 14.9. The first-order valence-corrected chi connectivity index (χ1v) is 6.73. The maximum atomic E-state index is 13.3. The maximum Gasteiger partial charge on any atom is 0.234 e. The number of nitrogens with two attached hydrogens (primary N) is 1. The number of aromatic amines is 1. The zero-order valence-electron chi connectivity index (χ0n) is 12.1. The Morgan fingerprint density at radius 3 is 2.57 bits per heavy atom. The van der Waals surface area contributed by atoms with Crippen LogP contribution in [0.15, 0.2) is 42.9 Å². The summed E-state index contributed by atoms with van der Waals surface area (Å²) in [6, 6.07) is 4.67. The van der Waals surface area contributed by atoms with Crippen LogP contribution in [0.5, 0.6) is 0 Å². The molecule has 3 aromatic rings. The summed E-state index contributed by atoms with van der Waals surface area (Å²) in [4.78, 5) is 12.0. The summed E-state index contributed by atoms with van der Waals surface area (Å²) in [7, 11) is 0. The van der Waals surface area contributed by atoms with Crippen molar-refractivity contribution in [1.29, 1.82) is 0 Å². The lowest BCUT2D eigenvalue weighted by atomic mass is 9.80. The van der Waals surface area contributed by atoms with Crippen LogP contribution in [0.1, 0.15) is 18.2 Å². The lowest BCUT2D eigenvalue weighted by molar-refractivity contribution is -0.121. The van der Waals surface area contributed by atoms with E-state index in [0.717, 1.165) is 18.2 Å². The number of rotatable bonds is 4. The van der Waals surface area contributed by atoms with Crippen molar-refractivity contribution >= 4 is 5.91 Å². The number of halogens is 2. The molecule has 1 atom stereocenters. The number of hydrogen-bond acceptors (Lipinski definition) is 3. The van der Waals surface area contributed by atoms with Gasteiger partial charge in [-0.1, -0.05) is 0 Å². The number of aromatic nitrogens is 4. The Bertz CT molecular complexity index is 838. The normalized spacial score (nSPS) is 13.7. The largest absolute Gasteiger partial charge is 0.369 e. The molecule has 6 nitrogen and oxygen atoms in total. The predicted molar refractivity (Wildman–Crippen MR) is 77.7 cm³/mol. The van der Waals surface area contributed by atoms with Crippen LogP contribution in [0.25, 0.3) is 5.69 Å². The van der Waals surface area contributed by atoms with Gasteiger partial charge in [0.15, 0.2) is 0 Å². The molecule has 0 spiro atoms. The standard InChI is InChI=1S/C15H13F2N5O/c1-15(14(18)23,13-2-3-19-21-13)9-7-20-22(8-9)12-5-10(16)4-11(17)6-12/h2-8H,1H3,(H2,18,23)(H,19,21). The van der Waals surface area contributed by atoms with E-state index in [1.54, 1.807) is 19.2 Å². The number of nitrogens with one attached hydrogen (secondary N) is 1. The highest BCUT2D eigenvalue weighted by Gasteiger charge is 2.38. The van der Waals surface area contributed by atoms with Gasteiger partial charge in [0.05, 0.1) is 17.6 Å². The number of carbonyl (C=O) groups is 1. The van der Waals surface area contributed by atoms with Crippen molar-refractivity contribution in [2.24, 2.45) is 5.73 Å². The molecular formula is C15H13F2N5O. The molecule has 0 radical (unpaired) electrons. The molecular weight excluding hydrogens is 304 g/mol. The van der Waals surface area contributed by atoms with Crippen molar-refractivity contribution in [1.82, 2.24) is 20.0 Å². The highest BCUT2D eigenvalue weighted by Crippen LogP contribution is 2.30. The molecule has 23 heavy (non-hydrogen) atoms. The number of benzene rings is 1. The number of carbonyl (C=O) groups excluding carboxylic acids is 1. The molecule has 8 heteroatoms. The quantitative estimate of drug-likeness (QED) is 0.767. The minimum atomic E-state index is -1.22. The molecule has 1 aromatic carbocycles. The van der Waals surface area contributed by atoms with Crippen molar-refractivity contribution in [3.8, 4) is 5.69 Å². The van der Waals surface area contributed by atoms with E-state index in [9.17, 15) is 13.6 Å². The van der Waals surface area contributed by atoms with Gasteiger partial charge in [-0.2, -0.15) is 10.2 Å². The van der Waals surface area contributed by atoms with E-state index >= 15 is 0 Å². The molecule has 0 saturated carbocycles. The maximum absolute atomic E-state index is 13.3. The SMILES string of the molecule is CC(C(N)=O)(c1cnn(-c2cc(F)cc(F)c2)c1)c1cc[nH]n1. The lowest BCUT2D eigenvalue weighted by Gasteiger charge is -2.22. The first-order valence-electron chi connectivity index (χ1n) is 6.73. The Hall–Kier alpha value is -3.03. The summed E-state index contributed by atoms with van der Waals surface area (Å²) in [5.74, 6) is -2.06. The van der Waals surface area contributed by atoms with Crippen LogP contribution in [0.2, 0.25) is 0 Å². The summed E-state index contributed by atoms with van der Waals surface area (Å²) >= 11 is 0. The van der Waals surface area contributed by atoms with Crippen LogP contribution >= 0.6 is 0 Å². The topological polar surface area (TPSA) is 89.6 Å². The molecule has 0 aliphatic carbocycles. The lowest BCUT2D eigenvalue weighted by Crippen LogP contribution is -2.39. The fourth-order valence-corrected chi connectivity index (χ4v) is 2.35. The molecule has 0 aliphatic rings. The minimum absolute atomic E-state index is 0.197. The number of primary amides is 1. The van der Waals surface area contributed by atoms with E-state index in [0.29, 0.717) is 11.3 Å². The summed E-state index contributed by atoms with van der Waals surface area (Å²) in [6.45, 7) is 1.61. The van der Waals surface area contributed by atoms with Gasteiger partial charge in [0, 0.05) is 24.0 Å². The van der Waals surface area contributed by atoms with Crippen LogP contribution in [-0.2, 0) is 10.2 Å². The van der Waals surface area contributed by atoms with Crippen molar-refractivity contribution in [3.63, 3.8) is 0 Å². The monoisotopic (exact) mass is 317 g/mol. The molecule has 0 aliphatic heterocycles. The van der Waals surface area contributed by atoms with Crippen LogP contribution in [-0.4, -0.2) is 25.9 Å². The van der Waals surface area contributed by atoms with Gasteiger partial charge in [-0.05, 0) is 25.1 Å². The fourth-order valence-electron chi connectivity index (χ4n) is 2.35. The molecule has 1 unspecified atom stereocenters. The third kappa shape index (κ3) is 2.48. The highest BCUT2D eigenvalue weighted by atomic mass is 19.1. The zero-order chi connectivity index (χ0) is 16.6. The van der Waals surface area contributed by atoms with E-state index in [-0.39, 0.29) is 5.69 Å². The molecule has 1 amide bonds. The van der Waals surface area contributed by atoms with E-state index < -0.39 is 23.0 Å². The van der Waals surface area contributed by atoms with Gasteiger partial charge in [0.2, 0.25) is 5.91 Å². The third-order valence-corrected chi connectivity index (χ3v) is 3.78. The van der Waals surface area contributed by atoms with Crippen LogP contribution in [0, 0.1) is 11.6 Å². The van der Waals surface area contributed by atoms with Crippen molar-refractivity contribution in [2.45, 2.75) is 12.3 Å². The smallest absolute Gasteiger partial charge is 0.234 e. The summed E-state index contributed by atoms with van der Waals surface area (Å²) < 4.78 is 27.9. The Labute approximate surface area is 129 Å². The second kappa shape index (κ2) is 5.31. The number of H-pyrrole nitrogens is 1. The van der Waals surface area contributed by atoms with Crippen LogP contribution in [0.3, 0.4) is 0 Å².